The third-order valence-electron chi connectivity index (χ3n) is 8.21. The molecule has 3 fully saturated rings. The lowest BCUT2D eigenvalue weighted by Gasteiger charge is -2.37. The first-order valence-electron chi connectivity index (χ1n) is 12.3. The van der Waals surface area contributed by atoms with Crippen molar-refractivity contribution < 1.29 is 14.4 Å². The summed E-state index contributed by atoms with van der Waals surface area (Å²) in [5, 5.41) is 6.54. The van der Waals surface area contributed by atoms with E-state index in [-0.39, 0.29) is 17.7 Å². The number of benzene rings is 1. The van der Waals surface area contributed by atoms with Gasteiger partial charge in [-0.2, -0.15) is 0 Å². The van der Waals surface area contributed by atoms with Crippen molar-refractivity contribution in [2.45, 2.75) is 57.4 Å². The molecule has 0 spiro atoms. The smallest absolute Gasteiger partial charge is 0.322 e. The van der Waals surface area contributed by atoms with Gasteiger partial charge in [-0.15, -0.1) is 0 Å². The number of amides is 4. The zero-order valence-electron chi connectivity index (χ0n) is 19.6. The van der Waals surface area contributed by atoms with E-state index >= 15 is 0 Å². The molecule has 1 aromatic heterocycles. The molecule has 2 unspecified atom stereocenters. The van der Waals surface area contributed by atoms with E-state index in [1.807, 2.05) is 4.90 Å². The Morgan fingerprint density at radius 3 is 2.70 bits per heavy atom. The lowest BCUT2D eigenvalue weighted by Crippen LogP contribution is -2.50. The van der Waals surface area contributed by atoms with Crippen molar-refractivity contribution in [3.8, 4) is 0 Å². The van der Waals surface area contributed by atoms with Crippen LogP contribution in [0.1, 0.15) is 51.0 Å². The highest BCUT2D eigenvalue weighted by Crippen LogP contribution is 2.44. The molecular formula is C26H34N4O3. The monoisotopic (exact) mass is 450 g/mol. The Balaban J connectivity index is 1.14. The number of aryl methyl sites for hydroxylation is 2. The predicted octanol–water partition coefficient (Wildman–Crippen LogP) is 3.36. The van der Waals surface area contributed by atoms with Gasteiger partial charge in [0, 0.05) is 43.7 Å². The summed E-state index contributed by atoms with van der Waals surface area (Å²) in [6.07, 6.45) is 7.89. The van der Waals surface area contributed by atoms with Crippen molar-refractivity contribution in [2.75, 3.05) is 13.1 Å². The minimum Gasteiger partial charge on any atom is -0.351 e. The number of carbonyl (C=O) groups is 3. The summed E-state index contributed by atoms with van der Waals surface area (Å²) < 4.78 is 2.17. The van der Waals surface area contributed by atoms with Gasteiger partial charge in [-0.3, -0.25) is 14.9 Å². The predicted molar refractivity (Wildman–Crippen MR) is 126 cm³/mol. The van der Waals surface area contributed by atoms with E-state index in [1.54, 1.807) is 0 Å². The van der Waals surface area contributed by atoms with Gasteiger partial charge in [-0.05, 0) is 74.0 Å². The lowest BCUT2D eigenvalue weighted by atomic mass is 9.82. The molecule has 5 rings (SSSR count). The van der Waals surface area contributed by atoms with E-state index < -0.39 is 11.6 Å². The van der Waals surface area contributed by atoms with Crippen LogP contribution in [0.3, 0.4) is 0 Å². The van der Waals surface area contributed by atoms with E-state index in [1.165, 1.54) is 16.5 Å². The third-order valence-corrected chi connectivity index (χ3v) is 8.21. The number of carbonyl (C=O) groups excluding carboxylic acids is 3. The molecule has 1 aliphatic carbocycles. The number of aromatic nitrogens is 1. The summed E-state index contributed by atoms with van der Waals surface area (Å²) in [4.78, 5) is 39.1. The van der Waals surface area contributed by atoms with E-state index in [4.69, 9.17) is 0 Å². The molecule has 176 valence electrons. The van der Waals surface area contributed by atoms with Crippen LogP contribution in [0, 0.1) is 17.8 Å². The number of rotatable bonds is 7. The maximum Gasteiger partial charge on any atom is 0.322 e. The highest BCUT2D eigenvalue weighted by atomic mass is 16.2. The number of hydrogen-bond acceptors (Lipinski definition) is 3. The number of nitrogens with zero attached hydrogens (tertiary/aromatic N) is 2. The third kappa shape index (κ3) is 4.13. The van der Waals surface area contributed by atoms with Crippen LogP contribution in [-0.4, -0.2) is 45.9 Å². The van der Waals surface area contributed by atoms with Crippen LogP contribution < -0.4 is 10.6 Å². The molecule has 2 N–H and O–H groups in total. The molecule has 0 bridgehead atoms. The Bertz CT molecular complexity index is 1090. The minimum atomic E-state index is -0.880. The second-order valence-electron chi connectivity index (χ2n) is 10.3. The first kappa shape index (κ1) is 22.0. The molecule has 3 aliphatic rings. The molecule has 1 saturated carbocycles. The fraction of sp³-hybridized carbons (Fsp3) is 0.577. The van der Waals surface area contributed by atoms with Crippen molar-refractivity contribution in [2.24, 2.45) is 24.8 Å². The number of imide groups is 1. The van der Waals surface area contributed by atoms with Gasteiger partial charge in [0.05, 0.1) is 0 Å². The van der Waals surface area contributed by atoms with Crippen LogP contribution in [-0.2, 0) is 23.1 Å². The van der Waals surface area contributed by atoms with Crippen LogP contribution in [0.4, 0.5) is 4.79 Å². The Hall–Kier alpha value is -2.83. The molecule has 2 aromatic rings. The van der Waals surface area contributed by atoms with Crippen molar-refractivity contribution >= 4 is 28.7 Å². The summed E-state index contributed by atoms with van der Waals surface area (Å²) in [6.45, 7) is 3.80. The average Bonchev–Trinajstić information content (AvgIpc) is 3.52. The average molecular weight is 451 g/mol. The fourth-order valence-corrected chi connectivity index (χ4v) is 5.99. The maximum absolute atomic E-state index is 13.0. The largest absolute Gasteiger partial charge is 0.351 e. The van der Waals surface area contributed by atoms with Gasteiger partial charge in [0.1, 0.15) is 5.54 Å². The van der Waals surface area contributed by atoms with Crippen LogP contribution in [0.2, 0.25) is 0 Å². The molecule has 3 heterocycles. The summed E-state index contributed by atoms with van der Waals surface area (Å²) in [5.74, 6) is 1.05. The molecule has 2 saturated heterocycles. The first-order chi connectivity index (χ1) is 15.9. The second-order valence-corrected chi connectivity index (χ2v) is 10.3. The van der Waals surface area contributed by atoms with E-state index in [9.17, 15) is 14.4 Å². The number of urea groups is 1. The van der Waals surface area contributed by atoms with Crippen molar-refractivity contribution in [1.29, 1.82) is 0 Å². The van der Waals surface area contributed by atoms with Crippen LogP contribution >= 0.6 is 0 Å². The zero-order valence-corrected chi connectivity index (χ0v) is 19.6. The first-order valence-corrected chi connectivity index (χ1v) is 12.3. The summed E-state index contributed by atoms with van der Waals surface area (Å²) in [5.41, 5.74) is 1.80. The highest BCUT2D eigenvalue weighted by Gasteiger charge is 2.55. The number of fused-ring (bicyclic) bond motifs is 1. The highest BCUT2D eigenvalue weighted by molar-refractivity contribution is 6.07. The van der Waals surface area contributed by atoms with Crippen molar-refractivity contribution in [1.82, 2.24) is 20.1 Å². The molecule has 33 heavy (non-hydrogen) atoms. The van der Waals surface area contributed by atoms with Gasteiger partial charge >= 0.3 is 6.03 Å². The van der Waals surface area contributed by atoms with Gasteiger partial charge in [-0.1, -0.05) is 19.1 Å². The SMILES string of the molecule is C[C@H]1CN(C(=O)CCC2(C3CC3)NC(=O)NC2=O)CCC1CCc1cccc2c1ccn2C. The molecule has 7 nitrogen and oxygen atoms in total. The van der Waals surface area contributed by atoms with Gasteiger partial charge in [0.15, 0.2) is 0 Å². The summed E-state index contributed by atoms with van der Waals surface area (Å²) in [6, 6.07) is 8.32. The molecule has 2 aliphatic heterocycles. The molecule has 3 atom stereocenters. The Morgan fingerprint density at radius 1 is 1.18 bits per heavy atom. The summed E-state index contributed by atoms with van der Waals surface area (Å²) in [7, 11) is 2.08. The van der Waals surface area contributed by atoms with Crippen LogP contribution in [0.5, 0.6) is 0 Å². The molecular weight excluding hydrogens is 416 g/mol. The number of nitrogens with one attached hydrogen (secondary N) is 2. The van der Waals surface area contributed by atoms with Gasteiger partial charge < -0.3 is 14.8 Å². The number of hydrogen-bond donors (Lipinski definition) is 2. The van der Waals surface area contributed by atoms with E-state index in [0.29, 0.717) is 24.7 Å². The normalized spacial score (nSPS) is 27.6. The quantitative estimate of drug-likeness (QED) is 0.635. The number of likely N-dealkylation sites (tertiary alicyclic amines) is 1. The minimum absolute atomic E-state index is 0.100. The molecule has 0 radical (unpaired) electrons. The van der Waals surface area contributed by atoms with Gasteiger partial charge in [0.25, 0.3) is 5.91 Å². The standard InChI is InChI=1S/C26H34N4O3/c1-17-16-30(23(31)10-13-26(20-8-9-20)24(32)27-25(33)28-26)15-11-18(17)6-7-19-4-3-5-22-21(19)12-14-29(22)2/h3-5,12,14,17-18,20H,6-11,13,15-16H2,1-2H3,(H2,27,28,32,33)/t17-,18?,26?/m0/s1. The topological polar surface area (TPSA) is 83.4 Å². The van der Waals surface area contributed by atoms with E-state index in [2.05, 4.69) is 59.6 Å². The van der Waals surface area contributed by atoms with Crippen LogP contribution in [0.15, 0.2) is 30.5 Å². The molecule has 4 amide bonds. The maximum atomic E-state index is 13.0. The molecule has 7 heteroatoms. The molecule has 1 aromatic carbocycles. The Labute approximate surface area is 194 Å². The number of piperidine rings is 1. The van der Waals surface area contributed by atoms with E-state index in [0.717, 1.165) is 45.2 Å². The second kappa shape index (κ2) is 8.50. The lowest BCUT2D eigenvalue weighted by molar-refractivity contribution is -0.134. The van der Waals surface area contributed by atoms with Gasteiger partial charge in [-0.25, -0.2) is 4.79 Å². The summed E-state index contributed by atoms with van der Waals surface area (Å²) >= 11 is 0. The fourth-order valence-electron chi connectivity index (χ4n) is 5.99. The van der Waals surface area contributed by atoms with Crippen LogP contribution in [0.25, 0.3) is 10.9 Å². The zero-order chi connectivity index (χ0) is 23.2. The van der Waals surface area contributed by atoms with Gasteiger partial charge in [0.2, 0.25) is 5.91 Å². The Kier molecular flexibility index (Phi) is 5.67. The Morgan fingerprint density at radius 2 is 2.00 bits per heavy atom. The van der Waals surface area contributed by atoms with Crippen molar-refractivity contribution in [3.05, 3.63) is 36.0 Å². The van der Waals surface area contributed by atoms with Crippen molar-refractivity contribution in [3.63, 3.8) is 0 Å².